The Morgan fingerprint density at radius 1 is 1.40 bits per heavy atom. The summed E-state index contributed by atoms with van der Waals surface area (Å²) in [7, 11) is 0. The number of aryl methyl sites for hydroxylation is 2. The number of hydrogen-bond donors (Lipinski definition) is 1. The number of benzene rings is 1. The van der Waals surface area contributed by atoms with Crippen molar-refractivity contribution in [1.29, 1.82) is 0 Å². The molecule has 2 rings (SSSR count). The number of amides is 1. The van der Waals surface area contributed by atoms with Crippen LogP contribution in [0.4, 0.5) is 5.13 Å². The van der Waals surface area contributed by atoms with Crippen LogP contribution in [0.3, 0.4) is 0 Å². The molecule has 1 N–H and O–H groups in total. The van der Waals surface area contributed by atoms with Crippen LogP contribution in [-0.4, -0.2) is 22.2 Å². The molecule has 5 nitrogen and oxygen atoms in total. The quantitative estimate of drug-likeness (QED) is 0.941. The zero-order valence-corrected chi connectivity index (χ0v) is 12.9. The van der Waals surface area contributed by atoms with Crippen LogP contribution in [0, 0.1) is 13.8 Å². The van der Waals surface area contributed by atoms with Gasteiger partial charge in [-0.2, -0.15) is 0 Å². The molecule has 1 heterocycles. The average molecular weight is 312 g/mol. The minimum absolute atomic E-state index is 0.268. The van der Waals surface area contributed by atoms with Crippen molar-refractivity contribution in [2.45, 2.75) is 26.9 Å². The maximum atomic E-state index is 12.0. The second kappa shape index (κ2) is 6.19. The number of rotatable bonds is 4. The molecule has 1 aromatic heterocycles. The lowest BCUT2D eigenvalue weighted by atomic mass is 10.2. The summed E-state index contributed by atoms with van der Waals surface area (Å²) in [5, 5.41) is 12.2. The molecule has 1 unspecified atom stereocenters. The minimum Gasteiger partial charge on any atom is -0.481 e. The number of hydrogen-bond acceptors (Lipinski definition) is 5. The van der Waals surface area contributed by atoms with Crippen LogP contribution >= 0.6 is 22.9 Å². The number of anilines is 1. The maximum absolute atomic E-state index is 12.0. The molecule has 1 aromatic carbocycles. The minimum atomic E-state index is -0.640. The molecule has 0 aliphatic heterocycles. The summed E-state index contributed by atoms with van der Waals surface area (Å²) in [6.07, 6.45) is -0.640. The van der Waals surface area contributed by atoms with Crippen molar-refractivity contribution in [2.24, 2.45) is 0 Å². The van der Waals surface area contributed by atoms with E-state index in [4.69, 9.17) is 16.3 Å². The van der Waals surface area contributed by atoms with Gasteiger partial charge in [0.15, 0.2) is 6.10 Å². The van der Waals surface area contributed by atoms with Gasteiger partial charge in [-0.05, 0) is 44.5 Å². The number of carbonyl (C=O) groups excluding carboxylic acids is 1. The number of halogens is 1. The van der Waals surface area contributed by atoms with Crippen molar-refractivity contribution < 1.29 is 9.53 Å². The highest BCUT2D eigenvalue weighted by molar-refractivity contribution is 7.15. The summed E-state index contributed by atoms with van der Waals surface area (Å²) in [6, 6.07) is 5.26. The van der Waals surface area contributed by atoms with E-state index in [1.807, 2.05) is 13.8 Å². The number of ether oxygens (including phenoxy) is 1. The van der Waals surface area contributed by atoms with Gasteiger partial charge in [0.1, 0.15) is 10.8 Å². The van der Waals surface area contributed by atoms with E-state index in [0.29, 0.717) is 15.9 Å². The summed E-state index contributed by atoms with van der Waals surface area (Å²) < 4.78 is 5.63. The molecule has 0 fully saturated rings. The Morgan fingerprint density at radius 2 is 2.15 bits per heavy atom. The van der Waals surface area contributed by atoms with E-state index in [1.54, 1.807) is 25.1 Å². The lowest BCUT2D eigenvalue weighted by Gasteiger charge is -2.15. The summed E-state index contributed by atoms with van der Waals surface area (Å²) in [5.74, 6) is 0.362. The second-order valence-electron chi connectivity index (χ2n) is 4.29. The molecule has 0 saturated heterocycles. The second-order valence-corrected chi connectivity index (χ2v) is 5.90. The zero-order chi connectivity index (χ0) is 14.7. The Kier molecular flexibility index (Phi) is 4.57. The Balaban J connectivity index is 2.00. The molecule has 0 saturated carbocycles. The van der Waals surface area contributed by atoms with Crippen LogP contribution in [0.2, 0.25) is 5.02 Å². The molecule has 0 aliphatic rings. The van der Waals surface area contributed by atoms with E-state index < -0.39 is 6.10 Å². The van der Waals surface area contributed by atoms with Gasteiger partial charge in [0.2, 0.25) is 5.13 Å². The van der Waals surface area contributed by atoms with Crippen molar-refractivity contribution in [3.8, 4) is 5.75 Å². The predicted molar refractivity (Wildman–Crippen MR) is 79.6 cm³/mol. The first-order valence-corrected chi connectivity index (χ1v) is 7.19. The molecule has 2 aromatic rings. The first-order chi connectivity index (χ1) is 9.45. The van der Waals surface area contributed by atoms with Crippen LogP contribution in [0.1, 0.15) is 17.5 Å². The first-order valence-electron chi connectivity index (χ1n) is 5.99. The van der Waals surface area contributed by atoms with Gasteiger partial charge in [0.05, 0.1) is 0 Å². The fourth-order valence-corrected chi connectivity index (χ4v) is 2.36. The molecule has 0 bridgehead atoms. The Hall–Kier alpha value is -1.66. The normalized spacial score (nSPS) is 12.0. The third kappa shape index (κ3) is 3.68. The molecular formula is C13H14ClN3O2S. The summed E-state index contributed by atoms with van der Waals surface area (Å²) >= 11 is 7.19. The fraction of sp³-hybridized carbons (Fsp3) is 0.308. The van der Waals surface area contributed by atoms with Gasteiger partial charge in [-0.25, -0.2) is 0 Å². The van der Waals surface area contributed by atoms with Crippen LogP contribution < -0.4 is 10.1 Å². The Labute approximate surface area is 125 Å². The standard InChI is InChI=1S/C13H14ClN3O2S/c1-7-6-10(14)4-5-11(7)19-8(2)12(18)15-13-17-16-9(3)20-13/h4-6,8H,1-3H3,(H,15,17,18). The van der Waals surface area contributed by atoms with Crippen LogP contribution in [0.25, 0.3) is 0 Å². The fourth-order valence-electron chi connectivity index (χ4n) is 1.54. The highest BCUT2D eigenvalue weighted by atomic mass is 35.5. The maximum Gasteiger partial charge on any atom is 0.266 e. The highest BCUT2D eigenvalue weighted by Gasteiger charge is 2.17. The van der Waals surface area contributed by atoms with Gasteiger partial charge < -0.3 is 4.74 Å². The molecule has 0 spiro atoms. The largest absolute Gasteiger partial charge is 0.481 e. The monoisotopic (exact) mass is 311 g/mol. The third-order valence-electron chi connectivity index (χ3n) is 2.57. The number of carbonyl (C=O) groups is 1. The molecule has 1 amide bonds. The summed E-state index contributed by atoms with van der Waals surface area (Å²) in [4.78, 5) is 12.0. The molecule has 0 aliphatic carbocycles. The van der Waals surface area contributed by atoms with Gasteiger partial charge in [-0.15, -0.1) is 10.2 Å². The average Bonchev–Trinajstić information content (AvgIpc) is 2.78. The molecule has 1 atom stereocenters. The predicted octanol–water partition coefficient (Wildman–Crippen LogP) is 3.21. The van der Waals surface area contributed by atoms with Crippen LogP contribution in [0.5, 0.6) is 5.75 Å². The number of nitrogens with one attached hydrogen (secondary N) is 1. The third-order valence-corrected chi connectivity index (χ3v) is 3.56. The van der Waals surface area contributed by atoms with E-state index in [1.165, 1.54) is 11.3 Å². The number of nitrogens with zero attached hydrogens (tertiary/aromatic N) is 2. The Morgan fingerprint density at radius 3 is 2.75 bits per heavy atom. The van der Waals surface area contributed by atoms with Gasteiger partial charge in [0, 0.05) is 5.02 Å². The molecule has 106 valence electrons. The van der Waals surface area contributed by atoms with Crippen molar-refractivity contribution in [3.63, 3.8) is 0 Å². The topological polar surface area (TPSA) is 64.1 Å². The lowest BCUT2D eigenvalue weighted by Crippen LogP contribution is -2.30. The molecule has 7 heteroatoms. The smallest absolute Gasteiger partial charge is 0.266 e. The lowest BCUT2D eigenvalue weighted by molar-refractivity contribution is -0.122. The SMILES string of the molecule is Cc1nnc(NC(=O)C(C)Oc2ccc(Cl)cc2C)s1. The van der Waals surface area contributed by atoms with E-state index in [0.717, 1.165) is 10.6 Å². The summed E-state index contributed by atoms with van der Waals surface area (Å²) in [5.41, 5.74) is 0.879. The van der Waals surface area contributed by atoms with Crippen molar-refractivity contribution in [2.75, 3.05) is 5.32 Å². The van der Waals surface area contributed by atoms with Gasteiger partial charge in [-0.3, -0.25) is 10.1 Å². The van der Waals surface area contributed by atoms with Gasteiger partial charge in [0.25, 0.3) is 5.91 Å². The molecular weight excluding hydrogens is 298 g/mol. The van der Waals surface area contributed by atoms with E-state index >= 15 is 0 Å². The van der Waals surface area contributed by atoms with E-state index in [9.17, 15) is 4.79 Å². The highest BCUT2D eigenvalue weighted by Crippen LogP contribution is 2.23. The van der Waals surface area contributed by atoms with Gasteiger partial charge >= 0.3 is 0 Å². The van der Waals surface area contributed by atoms with E-state index in [-0.39, 0.29) is 5.91 Å². The number of aromatic nitrogens is 2. The molecule has 20 heavy (non-hydrogen) atoms. The summed E-state index contributed by atoms with van der Waals surface area (Å²) in [6.45, 7) is 5.38. The van der Waals surface area contributed by atoms with Crippen LogP contribution in [-0.2, 0) is 4.79 Å². The van der Waals surface area contributed by atoms with Crippen molar-refractivity contribution in [3.05, 3.63) is 33.8 Å². The van der Waals surface area contributed by atoms with Crippen LogP contribution in [0.15, 0.2) is 18.2 Å². The first kappa shape index (κ1) is 14.7. The van der Waals surface area contributed by atoms with Gasteiger partial charge in [-0.1, -0.05) is 22.9 Å². The zero-order valence-electron chi connectivity index (χ0n) is 11.3. The Bertz CT molecular complexity index is 630. The van der Waals surface area contributed by atoms with E-state index in [2.05, 4.69) is 15.5 Å². The van der Waals surface area contributed by atoms with Crippen molar-refractivity contribution >= 4 is 34.0 Å². The van der Waals surface area contributed by atoms with Crippen molar-refractivity contribution in [1.82, 2.24) is 10.2 Å². The molecule has 0 radical (unpaired) electrons.